The normalized spacial score (nSPS) is 11.0. The van der Waals surface area contributed by atoms with Crippen LogP contribution in [0.2, 0.25) is 0 Å². The summed E-state index contributed by atoms with van der Waals surface area (Å²) in [6.07, 6.45) is 3.43. The number of carbonyl (C=O) groups is 1. The molecule has 4 nitrogen and oxygen atoms in total. The van der Waals surface area contributed by atoms with Gasteiger partial charge in [-0.05, 0) is 47.5 Å². The van der Waals surface area contributed by atoms with Crippen LogP contribution in [0, 0.1) is 11.6 Å². The highest BCUT2D eigenvalue weighted by Gasteiger charge is 2.13. The van der Waals surface area contributed by atoms with Gasteiger partial charge in [-0.3, -0.25) is 0 Å². The molecule has 0 aliphatic rings. The molecule has 4 aromatic rings. The second kappa shape index (κ2) is 6.64. The Labute approximate surface area is 153 Å². The Bertz CT molecular complexity index is 1150. The monoisotopic (exact) mass is 364 g/mol. The summed E-state index contributed by atoms with van der Waals surface area (Å²) in [5.41, 5.74) is 2.75. The molecule has 0 radical (unpaired) electrons. The van der Waals surface area contributed by atoms with E-state index in [1.165, 1.54) is 12.1 Å². The van der Waals surface area contributed by atoms with Gasteiger partial charge in [0, 0.05) is 36.0 Å². The summed E-state index contributed by atoms with van der Waals surface area (Å²) in [5, 5.41) is 9.74. The van der Waals surface area contributed by atoms with Gasteiger partial charge in [-0.1, -0.05) is 12.1 Å². The Balaban J connectivity index is 1.73. The van der Waals surface area contributed by atoms with E-state index in [-0.39, 0.29) is 5.56 Å². The third-order valence-corrected chi connectivity index (χ3v) is 4.44. The first kappa shape index (κ1) is 16.9. The fourth-order valence-electron chi connectivity index (χ4n) is 3.11. The zero-order valence-electron chi connectivity index (χ0n) is 14.1. The summed E-state index contributed by atoms with van der Waals surface area (Å²) in [4.78, 5) is 15.3. The summed E-state index contributed by atoms with van der Waals surface area (Å²) in [7, 11) is 0. The number of benzene rings is 2. The molecule has 0 bridgehead atoms. The molecule has 134 valence electrons. The largest absolute Gasteiger partial charge is 0.478 e. The number of halogens is 2. The molecule has 0 aliphatic carbocycles. The van der Waals surface area contributed by atoms with E-state index in [9.17, 15) is 13.6 Å². The second-order valence-corrected chi connectivity index (χ2v) is 6.17. The van der Waals surface area contributed by atoms with Gasteiger partial charge in [0.25, 0.3) is 0 Å². The molecular formula is C21H14F2N2O2. The van der Waals surface area contributed by atoms with Crippen LogP contribution >= 0.6 is 0 Å². The predicted octanol–water partition coefficient (Wildman–Crippen LogP) is 4.73. The quantitative estimate of drug-likeness (QED) is 0.570. The van der Waals surface area contributed by atoms with E-state index in [4.69, 9.17) is 5.11 Å². The van der Waals surface area contributed by atoms with Gasteiger partial charge >= 0.3 is 5.97 Å². The number of fused-ring (bicyclic) bond motifs is 1. The van der Waals surface area contributed by atoms with E-state index in [0.717, 1.165) is 17.0 Å². The Hall–Kier alpha value is -3.54. The average molecular weight is 364 g/mol. The lowest BCUT2D eigenvalue weighted by Gasteiger charge is -2.08. The third kappa shape index (κ3) is 3.17. The van der Waals surface area contributed by atoms with Crippen LogP contribution < -0.4 is 0 Å². The molecule has 27 heavy (non-hydrogen) atoms. The first-order valence-corrected chi connectivity index (χ1v) is 8.24. The van der Waals surface area contributed by atoms with E-state index in [0.29, 0.717) is 23.3 Å². The van der Waals surface area contributed by atoms with E-state index in [1.807, 2.05) is 16.8 Å². The molecule has 0 amide bonds. The highest BCUT2D eigenvalue weighted by Crippen LogP contribution is 2.30. The number of carboxylic acids is 1. The number of hydrogen-bond acceptors (Lipinski definition) is 2. The molecule has 0 spiro atoms. The standard InChI is InChI=1S/C21H14F2N2O2/c22-15-5-6-17(19(23)11-15)16-7-9-24-20-18(16)8-10-25(20)12-13-1-3-14(4-2-13)21(26)27/h1-11H,12H2,(H,26,27). The van der Waals surface area contributed by atoms with Crippen molar-refractivity contribution in [2.45, 2.75) is 6.54 Å². The van der Waals surface area contributed by atoms with Crippen molar-refractivity contribution >= 4 is 17.0 Å². The number of aromatic carboxylic acids is 1. The van der Waals surface area contributed by atoms with E-state index < -0.39 is 17.6 Å². The van der Waals surface area contributed by atoms with Gasteiger partial charge in [0.15, 0.2) is 0 Å². The number of carboxylic acid groups (broad SMARTS) is 1. The van der Waals surface area contributed by atoms with Crippen LogP contribution in [0.4, 0.5) is 8.78 Å². The highest BCUT2D eigenvalue weighted by molar-refractivity contribution is 5.93. The van der Waals surface area contributed by atoms with Gasteiger partial charge in [0.1, 0.15) is 17.3 Å². The molecule has 0 atom stereocenters. The molecule has 0 unspecified atom stereocenters. The smallest absolute Gasteiger partial charge is 0.335 e. The Morgan fingerprint density at radius 1 is 1.00 bits per heavy atom. The first-order valence-electron chi connectivity index (χ1n) is 8.24. The van der Waals surface area contributed by atoms with Crippen molar-refractivity contribution in [3.05, 3.63) is 89.8 Å². The van der Waals surface area contributed by atoms with Crippen LogP contribution in [0.5, 0.6) is 0 Å². The van der Waals surface area contributed by atoms with E-state index in [2.05, 4.69) is 4.98 Å². The van der Waals surface area contributed by atoms with Crippen molar-refractivity contribution in [3.63, 3.8) is 0 Å². The number of rotatable bonds is 4. The van der Waals surface area contributed by atoms with Gasteiger partial charge in [-0.15, -0.1) is 0 Å². The minimum Gasteiger partial charge on any atom is -0.478 e. The number of hydrogen-bond donors (Lipinski definition) is 1. The summed E-state index contributed by atoms with van der Waals surface area (Å²) in [5.74, 6) is -2.22. The molecule has 0 fully saturated rings. The van der Waals surface area contributed by atoms with Gasteiger partial charge in [-0.2, -0.15) is 0 Å². The van der Waals surface area contributed by atoms with Crippen LogP contribution in [0.25, 0.3) is 22.2 Å². The topological polar surface area (TPSA) is 55.1 Å². The van der Waals surface area contributed by atoms with Gasteiger partial charge < -0.3 is 9.67 Å². The Morgan fingerprint density at radius 3 is 2.48 bits per heavy atom. The van der Waals surface area contributed by atoms with Crippen LogP contribution in [-0.4, -0.2) is 20.6 Å². The minimum absolute atomic E-state index is 0.225. The van der Waals surface area contributed by atoms with Crippen molar-refractivity contribution in [2.24, 2.45) is 0 Å². The fourth-order valence-corrected chi connectivity index (χ4v) is 3.11. The number of aromatic nitrogens is 2. The lowest BCUT2D eigenvalue weighted by Crippen LogP contribution is -2.01. The minimum atomic E-state index is -0.972. The molecule has 0 saturated heterocycles. The maximum Gasteiger partial charge on any atom is 0.335 e. The maximum absolute atomic E-state index is 14.2. The molecule has 2 aromatic heterocycles. The summed E-state index contributed by atoms with van der Waals surface area (Å²) in [6.45, 7) is 0.492. The van der Waals surface area contributed by atoms with Crippen molar-refractivity contribution < 1.29 is 18.7 Å². The fraction of sp³-hybridized carbons (Fsp3) is 0.0476. The molecule has 2 aromatic carbocycles. The zero-order valence-corrected chi connectivity index (χ0v) is 14.1. The van der Waals surface area contributed by atoms with Crippen LogP contribution in [-0.2, 0) is 6.54 Å². The van der Waals surface area contributed by atoms with E-state index >= 15 is 0 Å². The lowest BCUT2D eigenvalue weighted by atomic mass is 10.0. The first-order chi connectivity index (χ1) is 13.0. The molecule has 1 N–H and O–H groups in total. The molecule has 4 rings (SSSR count). The van der Waals surface area contributed by atoms with Crippen molar-refractivity contribution in [2.75, 3.05) is 0 Å². The van der Waals surface area contributed by atoms with Crippen molar-refractivity contribution in [3.8, 4) is 11.1 Å². The molecule has 0 saturated carbocycles. The molecular weight excluding hydrogens is 350 g/mol. The predicted molar refractivity (Wildman–Crippen MR) is 97.6 cm³/mol. The van der Waals surface area contributed by atoms with Gasteiger partial charge in [-0.25, -0.2) is 18.6 Å². The Morgan fingerprint density at radius 2 is 1.78 bits per heavy atom. The van der Waals surface area contributed by atoms with Crippen LogP contribution in [0.15, 0.2) is 67.0 Å². The van der Waals surface area contributed by atoms with Gasteiger partial charge in [0.05, 0.1) is 5.56 Å². The van der Waals surface area contributed by atoms with Crippen LogP contribution in [0.1, 0.15) is 15.9 Å². The Kier molecular flexibility index (Phi) is 4.16. The molecule has 0 aliphatic heterocycles. The molecule has 6 heteroatoms. The maximum atomic E-state index is 14.2. The van der Waals surface area contributed by atoms with Crippen molar-refractivity contribution in [1.29, 1.82) is 0 Å². The second-order valence-electron chi connectivity index (χ2n) is 6.17. The average Bonchev–Trinajstić information content (AvgIpc) is 3.05. The molecule has 2 heterocycles. The lowest BCUT2D eigenvalue weighted by molar-refractivity contribution is 0.0697. The summed E-state index contributed by atoms with van der Waals surface area (Å²) >= 11 is 0. The van der Waals surface area contributed by atoms with Gasteiger partial charge in [0.2, 0.25) is 0 Å². The highest BCUT2D eigenvalue weighted by atomic mass is 19.1. The van der Waals surface area contributed by atoms with Crippen LogP contribution in [0.3, 0.4) is 0 Å². The SMILES string of the molecule is O=C(O)c1ccc(Cn2ccc3c(-c4ccc(F)cc4F)ccnc32)cc1. The third-order valence-electron chi connectivity index (χ3n) is 4.44. The number of nitrogens with zero attached hydrogens (tertiary/aromatic N) is 2. The summed E-state index contributed by atoms with van der Waals surface area (Å²) in [6, 6.07) is 13.6. The zero-order chi connectivity index (χ0) is 19.0. The number of pyridine rings is 1. The van der Waals surface area contributed by atoms with Crippen molar-refractivity contribution in [1.82, 2.24) is 9.55 Å². The van der Waals surface area contributed by atoms with E-state index in [1.54, 1.807) is 36.5 Å². The summed E-state index contributed by atoms with van der Waals surface area (Å²) < 4.78 is 29.3.